The zero-order valence-corrected chi connectivity index (χ0v) is 22.3. The number of nitrogens with one attached hydrogen (secondary N) is 2. The lowest BCUT2D eigenvalue weighted by molar-refractivity contribution is -0.144. The van der Waals surface area contributed by atoms with Crippen LogP contribution < -0.4 is 10.6 Å². The van der Waals surface area contributed by atoms with Crippen molar-refractivity contribution in [3.8, 4) is 0 Å². The first-order valence-electron chi connectivity index (χ1n) is 13.6. The van der Waals surface area contributed by atoms with Crippen molar-refractivity contribution in [2.45, 2.75) is 82.5 Å². The van der Waals surface area contributed by atoms with E-state index in [1.54, 1.807) is 19.2 Å². The zero-order chi connectivity index (χ0) is 29.4. The number of carbonyl (C=O) groups excluding carboxylic acids is 2. The molecule has 9 nitrogen and oxygen atoms in total. The van der Waals surface area contributed by atoms with Crippen LogP contribution >= 0.6 is 0 Å². The Hall–Kier alpha value is -3.71. The van der Waals surface area contributed by atoms with Gasteiger partial charge in [0, 0.05) is 25.5 Å². The topological polar surface area (TPSA) is 114 Å². The number of amides is 2. The van der Waals surface area contributed by atoms with Crippen molar-refractivity contribution in [3.63, 3.8) is 0 Å². The Labute approximate surface area is 232 Å². The van der Waals surface area contributed by atoms with Crippen molar-refractivity contribution in [3.05, 3.63) is 53.5 Å². The molecule has 41 heavy (non-hydrogen) atoms. The van der Waals surface area contributed by atoms with Gasteiger partial charge in [0.25, 0.3) is 5.91 Å². The number of halogens is 5. The summed E-state index contributed by atoms with van der Waals surface area (Å²) in [7, 11) is 0. The van der Waals surface area contributed by atoms with Crippen molar-refractivity contribution in [1.29, 1.82) is 0 Å². The van der Waals surface area contributed by atoms with Gasteiger partial charge < -0.3 is 10.6 Å². The fourth-order valence-corrected chi connectivity index (χ4v) is 5.25. The summed E-state index contributed by atoms with van der Waals surface area (Å²) < 4.78 is 67.1. The van der Waals surface area contributed by atoms with Crippen LogP contribution in [0.1, 0.15) is 90.9 Å². The lowest BCUT2D eigenvalue weighted by Crippen LogP contribution is -2.37. The SMILES string of the molecule is Cc1cncc(C(=O)N[C@H](c2cn3ncc([C@H](NC(=O)CCC(F)(F)F)C4CC4)cc3n2)C2CCC(F)(F)CC2)n1. The summed E-state index contributed by atoms with van der Waals surface area (Å²) in [5.41, 5.74) is 2.06. The quantitative estimate of drug-likeness (QED) is 0.344. The Morgan fingerprint density at radius 3 is 2.39 bits per heavy atom. The van der Waals surface area contributed by atoms with Gasteiger partial charge in [-0.2, -0.15) is 18.3 Å². The number of hydrogen-bond acceptors (Lipinski definition) is 6. The molecular formula is C27H30F5N7O2. The molecule has 0 aromatic carbocycles. The minimum atomic E-state index is -4.43. The minimum Gasteiger partial charge on any atom is -0.349 e. The van der Waals surface area contributed by atoms with Gasteiger partial charge in [0.2, 0.25) is 11.8 Å². The maximum Gasteiger partial charge on any atom is 0.389 e. The van der Waals surface area contributed by atoms with Crippen molar-refractivity contribution < 1.29 is 31.5 Å². The molecule has 2 aliphatic rings. The van der Waals surface area contributed by atoms with Gasteiger partial charge in [0.15, 0.2) is 5.65 Å². The molecule has 3 heterocycles. The standard InChI is InChI=1S/C27H30F5N7O2/c1-15-11-33-13-19(35-15)25(41)38-24(17-4-7-26(28,29)8-5-17)20-14-39-21(36-20)10-18(12-34-39)23(16-2-3-16)37-22(40)6-9-27(30,31)32/h10-14,16-17,23-24H,2-9H2,1H3,(H,37,40)(H,38,41)/t23-,24+/m1/s1. The van der Waals surface area contributed by atoms with Gasteiger partial charge in [-0.3, -0.25) is 14.6 Å². The Morgan fingerprint density at radius 2 is 1.73 bits per heavy atom. The van der Waals surface area contributed by atoms with Gasteiger partial charge in [0.1, 0.15) is 5.69 Å². The smallest absolute Gasteiger partial charge is 0.349 e. The Morgan fingerprint density at radius 1 is 1.02 bits per heavy atom. The molecule has 2 aliphatic carbocycles. The van der Waals surface area contributed by atoms with E-state index in [0.717, 1.165) is 12.8 Å². The highest BCUT2D eigenvalue weighted by Crippen LogP contribution is 2.43. The van der Waals surface area contributed by atoms with Gasteiger partial charge >= 0.3 is 6.18 Å². The van der Waals surface area contributed by atoms with E-state index in [-0.39, 0.29) is 43.2 Å². The number of rotatable bonds is 9. The molecule has 3 aromatic rings. The van der Waals surface area contributed by atoms with Crippen LogP contribution in [-0.2, 0) is 4.79 Å². The normalized spacial score (nSPS) is 19.1. The summed E-state index contributed by atoms with van der Waals surface area (Å²) in [5.74, 6) is -4.20. The molecule has 220 valence electrons. The number of nitrogens with zero attached hydrogens (tertiary/aromatic N) is 5. The molecule has 0 aliphatic heterocycles. The van der Waals surface area contributed by atoms with Gasteiger partial charge in [0.05, 0.1) is 48.5 Å². The molecule has 0 spiro atoms. The highest BCUT2D eigenvalue weighted by atomic mass is 19.4. The number of fused-ring (bicyclic) bond motifs is 1. The van der Waals surface area contributed by atoms with Crippen LogP contribution in [0.4, 0.5) is 22.0 Å². The van der Waals surface area contributed by atoms with E-state index in [4.69, 9.17) is 0 Å². The monoisotopic (exact) mass is 579 g/mol. The lowest BCUT2D eigenvalue weighted by Gasteiger charge is -2.33. The number of aromatic nitrogens is 5. The summed E-state index contributed by atoms with van der Waals surface area (Å²) in [6.45, 7) is 1.70. The van der Waals surface area contributed by atoms with E-state index in [1.807, 2.05) is 0 Å². The number of carbonyl (C=O) groups is 2. The number of aryl methyl sites for hydroxylation is 1. The predicted molar refractivity (Wildman–Crippen MR) is 136 cm³/mol. The summed E-state index contributed by atoms with van der Waals surface area (Å²) in [6.07, 6.45) is 1.07. The van der Waals surface area contributed by atoms with Gasteiger partial charge in [-0.1, -0.05) is 0 Å². The third-order valence-corrected chi connectivity index (χ3v) is 7.59. The molecule has 3 aromatic heterocycles. The van der Waals surface area contributed by atoms with Crippen LogP contribution in [0.2, 0.25) is 0 Å². The predicted octanol–water partition coefficient (Wildman–Crippen LogP) is 5.03. The second kappa shape index (κ2) is 11.3. The second-order valence-corrected chi connectivity index (χ2v) is 10.9. The second-order valence-electron chi connectivity index (χ2n) is 10.9. The summed E-state index contributed by atoms with van der Waals surface area (Å²) in [4.78, 5) is 38.2. The first-order valence-corrected chi connectivity index (χ1v) is 13.6. The molecular weight excluding hydrogens is 549 g/mol. The largest absolute Gasteiger partial charge is 0.389 e. The third-order valence-electron chi connectivity index (χ3n) is 7.59. The van der Waals surface area contributed by atoms with Crippen molar-refractivity contribution in [1.82, 2.24) is 35.2 Å². The molecule has 0 bridgehead atoms. The van der Waals surface area contributed by atoms with E-state index >= 15 is 0 Å². The molecule has 5 rings (SSSR count). The van der Waals surface area contributed by atoms with Crippen LogP contribution in [-0.4, -0.2) is 48.5 Å². The van der Waals surface area contributed by atoms with Crippen LogP contribution in [0.3, 0.4) is 0 Å². The van der Waals surface area contributed by atoms with Gasteiger partial charge in [-0.25, -0.2) is 23.3 Å². The maximum absolute atomic E-state index is 13.9. The molecule has 2 N–H and O–H groups in total. The first kappa shape index (κ1) is 28.8. The van der Waals surface area contributed by atoms with E-state index < -0.39 is 48.8 Å². The van der Waals surface area contributed by atoms with Crippen molar-refractivity contribution in [2.24, 2.45) is 11.8 Å². The Bertz CT molecular complexity index is 1410. The molecule has 2 atom stereocenters. The molecule has 2 saturated carbocycles. The molecule has 14 heteroatoms. The fraction of sp³-hybridized carbons (Fsp3) is 0.556. The van der Waals surface area contributed by atoms with Gasteiger partial charge in [-0.15, -0.1) is 0 Å². The molecule has 0 saturated heterocycles. The highest BCUT2D eigenvalue weighted by Gasteiger charge is 2.40. The summed E-state index contributed by atoms with van der Waals surface area (Å²) in [6, 6.07) is 0.487. The van der Waals surface area contributed by atoms with E-state index in [0.29, 0.717) is 22.6 Å². The third kappa shape index (κ3) is 7.33. The Kier molecular flexibility index (Phi) is 7.93. The summed E-state index contributed by atoms with van der Waals surface area (Å²) >= 11 is 0. The summed E-state index contributed by atoms with van der Waals surface area (Å²) in [5, 5.41) is 10.0. The van der Waals surface area contributed by atoms with Crippen molar-refractivity contribution in [2.75, 3.05) is 0 Å². The average Bonchev–Trinajstić information content (AvgIpc) is 3.66. The van der Waals surface area contributed by atoms with E-state index in [9.17, 15) is 31.5 Å². The van der Waals surface area contributed by atoms with Crippen LogP contribution in [0.25, 0.3) is 5.65 Å². The maximum atomic E-state index is 13.9. The highest BCUT2D eigenvalue weighted by molar-refractivity contribution is 5.92. The molecule has 2 amide bonds. The molecule has 2 fully saturated rings. The first-order chi connectivity index (χ1) is 19.4. The lowest BCUT2D eigenvalue weighted by atomic mass is 9.81. The zero-order valence-electron chi connectivity index (χ0n) is 22.3. The van der Waals surface area contributed by atoms with Crippen LogP contribution in [0.15, 0.2) is 30.9 Å². The molecule has 0 radical (unpaired) electrons. The number of hydrogen-bond donors (Lipinski definition) is 2. The minimum absolute atomic E-state index is 0.0786. The molecule has 0 unspecified atom stereocenters. The Balaban J connectivity index is 1.39. The number of alkyl halides is 5. The van der Waals surface area contributed by atoms with E-state index in [1.165, 1.54) is 23.1 Å². The average molecular weight is 580 g/mol. The van der Waals surface area contributed by atoms with Crippen molar-refractivity contribution >= 4 is 17.5 Å². The fourth-order valence-electron chi connectivity index (χ4n) is 5.25. The van der Waals surface area contributed by atoms with Crippen LogP contribution in [0.5, 0.6) is 0 Å². The van der Waals surface area contributed by atoms with E-state index in [2.05, 4.69) is 30.7 Å². The number of imidazole rings is 1. The van der Waals surface area contributed by atoms with Crippen LogP contribution in [0, 0.1) is 18.8 Å². The van der Waals surface area contributed by atoms with Gasteiger partial charge in [-0.05, 0) is 56.1 Å².